The molecule has 3 N–H and O–H groups in total. The van der Waals surface area contributed by atoms with Crippen molar-refractivity contribution in [2.24, 2.45) is 5.92 Å². The molecule has 1 aliphatic rings. The zero-order valence-electron chi connectivity index (χ0n) is 13.1. The highest BCUT2D eigenvalue weighted by Crippen LogP contribution is 2.29. The van der Waals surface area contributed by atoms with E-state index in [1.807, 2.05) is 36.4 Å². The quantitative estimate of drug-likeness (QED) is 0.816. The van der Waals surface area contributed by atoms with Gasteiger partial charge < -0.3 is 15.8 Å². The molecule has 24 heavy (non-hydrogen) atoms. The zero-order chi connectivity index (χ0) is 16.2. The minimum absolute atomic E-state index is 0. The normalized spacial score (nSPS) is 15.6. The molecular formula is C18H20Cl2N2O2. The molecule has 1 heterocycles. The van der Waals surface area contributed by atoms with Crippen molar-refractivity contribution in [1.82, 2.24) is 5.32 Å². The second-order valence-corrected chi connectivity index (χ2v) is 6.18. The number of nitrogens with two attached hydrogens (primary N) is 1. The fourth-order valence-corrected chi connectivity index (χ4v) is 2.88. The SMILES string of the molecule is Cl.Nc1ccc(CCNC(=O)C2COc3ccc(Cl)cc3C2)cc1. The number of anilines is 1. The van der Waals surface area contributed by atoms with E-state index in [0.717, 1.165) is 29.0 Å². The van der Waals surface area contributed by atoms with E-state index in [4.69, 9.17) is 22.1 Å². The number of hydrogen-bond donors (Lipinski definition) is 2. The van der Waals surface area contributed by atoms with Crippen LogP contribution >= 0.6 is 24.0 Å². The highest BCUT2D eigenvalue weighted by atomic mass is 35.5. The number of nitrogens with one attached hydrogen (secondary N) is 1. The Morgan fingerprint density at radius 2 is 2.00 bits per heavy atom. The van der Waals surface area contributed by atoms with Gasteiger partial charge in [-0.15, -0.1) is 12.4 Å². The van der Waals surface area contributed by atoms with E-state index < -0.39 is 0 Å². The number of benzene rings is 2. The minimum Gasteiger partial charge on any atom is -0.492 e. The highest BCUT2D eigenvalue weighted by Gasteiger charge is 2.25. The van der Waals surface area contributed by atoms with Crippen molar-refractivity contribution in [3.63, 3.8) is 0 Å². The van der Waals surface area contributed by atoms with Gasteiger partial charge in [0.05, 0.1) is 5.92 Å². The Morgan fingerprint density at radius 1 is 1.25 bits per heavy atom. The summed E-state index contributed by atoms with van der Waals surface area (Å²) >= 11 is 6.00. The third-order valence-corrected chi connectivity index (χ3v) is 4.23. The highest BCUT2D eigenvalue weighted by molar-refractivity contribution is 6.30. The number of halogens is 2. The van der Waals surface area contributed by atoms with E-state index in [1.165, 1.54) is 0 Å². The van der Waals surface area contributed by atoms with Gasteiger partial charge in [-0.3, -0.25) is 4.79 Å². The van der Waals surface area contributed by atoms with Crippen LogP contribution in [0.2, 0.25) is 5.02 Å². The number of nitrogen functional groups attached to an aromatic ring is 1. The molecule has 3 rings (SSSR count). The number of fused-ring (bicyclic) bond motifs is 1. The molecule has 6 heteroatoms. The first-order valence-electron chi connectivity index (χ1n) is 7.65. The van der Waals surface area contributed by atoms with E-state index in [0.29, 0.717) is 24.6 Å². The van der Waals surface area contributed by atoms with Gasteiger partial charge in [0.25, 0.3) is 0 Å². The average Bonchev–Trinajstić information content (AvgIpc) is 2.56. The molecule has 1 unspecified atom stereocenters. The Bertz CT molecular complexity index is 705. The van der Waals surface area contributed by atoms with Gasteiger partial charge in [-0.05, 0) is 54.3 Å². The molecule has 1 aliphatic heterocycles. The third-order valence-electron chi connectivity index (χ3n) is 3.99. The Morgan fingerprint density at radius 3 is 2.75 bits per heavy atom. The van der Waals surface area contributed by atoms with Gasteiger partial charge in [-0.25, -0.2) is 0 Å². The van der Waals surface area contributed by atoms with E-state index >= 15 is 0 Å². The predicted molar refractivity (Wildman–Crippen MR) is 99.0 cm³/mol. The lowest BCUT2D eigenvalue weighted by Gasteiger charge is -2.24. The molecular weight excluding hydrogens is 347 g/mol. The number of ether oxygens (including phenoxy) is 1. The van der Waals surface area contributed by atoms with E-state index in [2.05, 4.69) is 5.32 Å². The lowest BCUT2D eigenvalue weighted by Crippen LogP contribution is -2.38. The molecule has 1 atom stereocenters. The van der Waals surface area contributed by atoms with Crippen molar-refractivity contribution in [3.05, 3.63) is 58.6 Å². The molecule has 0 spiro atoms. The Kier molecular flexibility index (Phi) is 6.35. The molecule has 0 radical (unpaired) electrons. The molecule has 0 saturated heterocycles. The van der Waals surface area contributed by atoms with Crippen LogP contribution in [0.4, 0.5) is 5.69 Å². The first-order valence-corrected chi connectivity index (χ1v) is 8.03. The lowest BCUT2D eigenvalue weighted by molar-refractivity contribution is -0.126. The fourth-order valence-electron chi connectivity index (χ4n) is 2.69. The van der Waals surface area contributed by atoms with Crippen LogP contribution in [0.3, 0.4) is 0 Å². The van der Waals surface area contributed by atoms with Crippen LogP contribution in [0.5, 0.6) is 5.75 Å². The first kappa shape index (κ1) is 18.4. The van der Waals surface area contributed by atoms with Crippen LogP contribution in [0, 0.1) is 5.92 Å². The average molecular weight is 367 g/mol. The second-order valence-electron chi connectivity index (χ2n) is 5.75. The maximum atomic E-state index is 12.3. The van der Waals surface area contributed by atoms with Gasteiger partial charge in [0.1, 0.15) is 12.4 Å². The topological polar surface area (TPSA) is 64.3 Å². The van der Waals surface area contributed by atoms with Gasteiger partial charge in [0, 0.05) is 17.3 Å². The summed E-state index contributed by atoms with van der Waals surface area (Å²) in [6.45, 7) is 1.00. The molecule has 0 fully saturated rings. The second kappa shape index (κ2) is 8.27. The summed E-state index contributed by atoms with van der Waals surface area (Å²) < 4.78 is 5.66. The molecule has 1 amide bonds. The number of carbonyl (C=O) groups is 1. The zero-order valence-corrected chi connectivity index (χ0v) is 14.7. The Balaban J connectivity index is 0.00000208. The summed E-state index contributed by atoms with van der Waals surface area (Å²) in [7, 11) is 0. The number of rotatable bonds is 4. The summed E-state index contributed by atoms with van der Waals surface area (Å²) in [6, 6.07) is 13.2. The van der Waals surface area contributed by atoms with Crippen molar-refractivity contribution >= 4 is 35.6 Å². The fraction of sp³-hybridized carbons (Fsp3) is 0.278. The summed E-state index contributed by atoms with van der Waals surface area (Å²) in [5.74, 6) is 0.666. The van der Waals surface area contributed by atoms with Crippen LogP contribution in [0.15, 0.2) is 42.5 Å². The van der Waals surface area contributed by atoms with Crippen molar-refractivity contribution in [1.29, 1.82) is 0 Å². The van der Waals surface area contributed by atoms with Crippen molar-refractivity contribution < 1.29 is 9.53 Å². The summed E-state index contributed by atoms with van der Waals surface area (Å²) in [5.41, 5.74) is 8.54. The van der Waals surface area contributed by atoms with Gasteiger partial charge in [0.2, 0.25) is 5.91 Å². The maximum absolute atomic E-state index is 12.3. The van der Waals surface area contributed by atoms with Crippen molar-refractivity contribution in [2.75, 3.05) is 18.9 Å². The monoisotopic (exact) mass is 366 g/mol. The smallest absolute Gasteiger partial charge is 0.226 e. The predicted octanol–water partition coefficient (Wildman–Crippen LogP) is 3.25. The van der Waals surface area contributed by atoms with Crippen LogP contribution in [0.1, 0.15) is 11.1 Å². The number of amides is 1. The molecule has 2 aromatic rings. The molecule has 128 valence electrons. The minimum atomic E-state index is -0.174. The van der Waals surface area contributed by atoms with Crippen LogP contribution in [-0.4, -0.2) is 19.1 Å². The van der Waals surface area contributed by atoms with Crippen LogP contribution < -0.4 is 15.8 Å². The molecule has 2 aromatic carbocycles. The number of carbonyl (C=O) groups excluding carboxylic acids is 1. The molecule has 0 saturated carbocycles. The van der Waals surface area contributed by atoms with E-state index in [-0.39, 0.29) is 24.2 Å². The van der Waals surface area contributed by atoms with Crippen LogP contribution in [-0.2, 0) is 17.6 Å². The molecule has 4 nitrogen and oxygen atoms in total. The molecule has 0 aromatic heterocycles. The van der Waals surface area contributed by atoms with E-state index in [9.17, 15) is 4.79 Å². The van der Waals surface area contributed by atoms with Gasteiger partial charge in [-0.2, -0.15) is 0 Å². The van der Waals surface area contributed by atoms with E-state index in [1.54, 1.807) is 6.07 Å². The third kappa shape index (κ3) is 4.56. The summed E-state index contributed by atoms with van der Waals surface area (Å²) in [6.07, 6.45) is 1.44. The maximum Gasteiger partial charge on any atom is 0.226 e. The molecule has 0 bridgehead atoms. The van der Waals surface area contributed by atoms with Crippen LogP contribution in [0.25, 0.3) is 0 Å². The summed E-state index contributed by atoms with van der Waals surface area (Å²) in [5, 5.41) is 3.64. The van der Waals surface area contributed by atoms with Gasteiger partial charge >= 0.3 is 0 Å². The molecule has 0 aliphatic carbocycles. The number of hydrogen-bond acceptors (Lipinski definition) is 3. The Labute approximate surface area is 152 Å². The summed E-state index contributed by atoms with van der Waals surface area (Å²) in [4.78, 5) is 12.3. The standard InChI is InChI=1S/C18H19ClN2O2.ClH/c19-15-3-6-17-13(10-15)9-14(11-23-17)18(22)21-8-7-12-1-4-16(20)5-2-12;/h1-6,10,14H,7-9,11,20H2,(H,21,22);1H. The first-order chi connectivity index (χ1) is 11.1. The largest absolute Gasteiger partial charge is 0.492 e. The Hall–Kier alpha value is -1.91. The van der Waals surface area contributed by atoms with Gasteiger partial charge in [-0.1, -0.05) is 23.7 Å². The van der Waals surface area contributed by atoms with Gasteiger partial charge in [0.15, 0.2) is 0 Å². The van der Waals surface area contributed by atoms with Crippen molar-refractivity contribution in [2.45, 2.75) is 12.8 Å². The lowest BCUT2D eigenvalue weighted by atomic mass is 9.96. The van der Waals surface area contributed by atoms with Crippen molar-refractivity contribution in [3.8, 4) is 5.75 Å².